The molecule has 1 atom stereocenters. The molecule has 1 aromatic heterocycles. The first kappa shape index (κ1) is 12.3. The Morgan fingerprint density at radius 1 is 1.42 bits per heavy atom. The number of urea groups is 1. The second-order valence-electron chi connectivity index (χ2n) is 4.47. The lowest BCUT2D eigenvalue weighted by atomic mass is 10.3. The number of carboxylic acid groups (broad SMARTS) is 1. The van der Waals surface area contributed by atoms with Crippen LogP contribution in [0.3, 0.4) is 0 Å². The van der Waals surface area contributed by atoms with Crippen LogP contribution >= 0.6 is 11.8 Å². The van der Waals surface area contributed by atoms with Gasteiger partial charge in [0.2, 0.25) is 0 Å². The predicted molar refractivity (Wildman–Crippen MR) is 66.4 cm³/mol. The van der Waals surface area contributed by atoms with Crippen molar-refractivity contribution in [3.63, 3.8) is 0 Å². The van der Waals surface area contributed by atoms with Gasteiger partial charge in [-0.1, -0.05) is 0 Å². The summed E-state index contributed by atoms with van der Waals surface area (Å²) in [6, 6.07) is -0.955. The van der Waals surface area contributed by atoms with Crippen LogP contribution < -0.4 is 0 Å². The number of carbonyl (C=O) groups excluding carboxylic acids is 1. The molecule has 1 aromatic rings. The molecule has 0 bridgehead atoms. The van der Waals surface area contributed by atoms with Crippen molar-refractivity contribution in [1.29, 1.82) is 0 Å². The predicted octanol–water partition coefficient (Wildman–Crippen LogP) is -0.327. The normalized spacial score (nSPS) is 22.4. The number of aliphatic carboxylic acids is 1. The van der Waals surface area contributed by atoms with Crippen LogP contribution in [0, 0.1) is 0 Å². The van der Waals surface area contributed by atoms with E-state index in [9.17, 15) is 9.59 Å². The van der Waals surface area contributed by atoms with Gasteiger partial charge in [-0.2, -0.15) is 0 Å². The summed E-state index contributed by atoms with van der Waals surface area (Å²) in [4.78, 5) is 26.5. The second-order valence-corrected chi connectivity index (χ2v) is 5.47. The van der Waals surface area contributed by atoms with E-state index in [4.69, 9.17) is 5.11 Å². The zero-order valence-corrected chi connectivity index (χ0v) is 10.9. The third-order valence-electron chi connectivity index (χ3n) is 3.32. The molecule has 3 heterocycles. The minimum absolute atomic E-state index is 0.230. The molecule has 8 nitrogen and oxygen atoms in total. The van der Waals surface area contributed by atoms with E-state index in [0.29, 0.717) is 31.3 Å². The number of thioether (sulfide) groups is 1. The summed E-state index contributed by atoms with van der Waals surface area (Å²) in [6.45, 7) is 1.58. The molecule has 1 N–H and O–H groups in total. The molecule has 0 aromatic carbocycles. The van der Waals surface area contributed by atoms with Gasteiger partial charge in [0.05, 0.1) is 12.4 Å². The average molecular weight is 283 g/mol. The Morgan fingerprint density at radius 3 is 3.05 bits per heavy atom. The van der Waals surface area contributed by atoms with Gasteiger partial charge in [0.1, 0.15) is 12.4 Å². The first-order chi connectivity index (χ1) is 9.16. The van der Waals surface area contributed by atoms with E-state index in [0.717, 1.165) is 5.82 Å². The number of hydrogen-bond acceptors (Lipinski definition) is 5. The molecule has 3 rings (SSSR count). The number of rotatable bonds is 1. The van der Waals surface area contributed by atoms with Gasteiger partial charge in [0.25, 0.3) is 0 Å². The van der Waals surface area contributed by atoms with Crippen molar-refractivity contribution in [1.82, 2.24) is 24.6 Å². The fraction of sp³-hybridized carbons (Fsp3) is 0.600. The maximum Gasteiger partial charge on any atom is 0.327 e. The molecule has 9 heteroatoms. The summed E-state index contributed by atoms with van der Waals surface area (Å²) in [5.74, 6) is 0.668. The standard InChI is InChI=1S/C10H13N5O3S/c16-9(17)7-4-19-6-15(7)10(18)13-1-2-14-5-11-12-8(14)3-13/h5,7H,1-4,6H2,(H,16,17)/t7-/m0/s1. The van der Waals surface area contributed by atoms with Crippen LogP contribution in [0.2, 0.25) is 0 Å². The van der Waals surface area contributed by atoms with Gasteiger partial charge in [0.15, 0.2) is 5.82 Å². The van der Waals surface area contributed by atoms with Crippen molar-refractivity contribution in [3.05, 3.63) is 12.2 Å². The van der Waals surface area contributed by atoms with Crippen LogP contribution in [0.15, 0.2) is 6.33 Å². The number of carboxylic acids is 1. The van der Waals surface area contributed by atoms with Crippen LogP contribution in [0.25, 0.3) is 0 Å². The van der Waals surface area contributed by atoms with Crippen molar-refractivity contribution in [2.45, 2.75) is 19.1 Å². The van der Waals surface area contributed by atoms with Crippen LogP contribution in [-0.4, -0.2) is 65.9 Å². The largest absolute Gasteiger partial charge is 0.480 e. The number of fused-ring (bicyclic) bond motifs is 1. The molecule has 0 saturated carbocycles. The highest BCUT2D eigenvalue weighted by Gasteiger charge is 2.37. The highest BCUT2D eigenvalue weighted by atomic mass is 32.2. The molecule has 2 amide bonds. The molecule has 2 aliphatic rings. The Kier molecular flexibility index (Phi) is 3.05. The first-order valence-electron chi connectivity index (χ1n) is 5.89. The molecule has 2 aliphatic heterocycles. The SMILES string of the molecule is O=C(O)[C@@H]1CSCN1C(=O)N1CCn2cnnc2C1. The van der Waals surface area contributed by atoms with E-state index in [1.165, 1.54) is 16.7 Å². The monoisotopic (exact) mass is 283 g/mol. The topological polar surface area (TPSA) is 91.6 Å². The van der Waals surface area contributed by atoms with Gasteiger partial charge in [0, 0.05) is 18.8 Å². The second kappa shape index (κ2) is 4.72. The lowest BCUT2D eigenvalue weighted by Gasteiger charge is -2.32. The van der Waals surface area contributed by atoms with Gasteiger partial charge < -0.3 is 19.5 Å². The van der Waals surface area contributed by atoms with Crippen LogP contribution in [-0.2, 0) is 17.9 Å². The van der Waals surface area contributed by atoms with Crippen molar-refractivity contribution >= 4 is 23.8 Å². The minimum atomic E-state index is -0.946. The lowest BCUT2D eigenvalue weighted by Crippen LogP contribution is -2.50. The summed E-state index contributed by atoms with van der Waals surface area (Å²) in [7, 11) is 0. The van der Waals surface area contributed by atoms with E-state index in [2.05, 4.69) is 10.2 Å². The number of aromatic nitrogens is 3. The zero-order valence-electron chi connectivity index (χ0n) is 10.1. The Balaban J connectivity index is 1.73. The number of hydrogen-bond donors (Lipinski definition) is 1. The summed E-state index contributed by atoms with van der Waals surface area (Å²) in [5, 5.41) is 16.9. The highest BCUT2D eigenvalue weighted by Crippen LogP contribution is 2.23. The molecule has 0 radical (unpaired) electrons. The van der Waals surface area contributed by atoms with Gasteiger partial charge in [-0.3, -0.25) is 0 Å². The number of amides is 2. The van der Waals surface area contributed by atoms with Crippen molar-refractivity contribution in [3.8, 4) is 0 Å². The van der Waals surface area contributed by atoms with E-state index in [1.54, 1.807) is 11.2 Å². The molecule has 1 fully saturated rings. The molecular weight excluding hydrogens is 270 g/mol. The summed E-state index contributed by atoms with van der Waals surface area (Å²) in [6.07, 6.45) is 1.64. The van der Waals surface area contributed by atoms with Gasteiger partial charge in [-0.25, -0.2) is 9.59 Å². The minimum Gasteiger partial charge on any atom is -0.480 e. The number of carbonyl (C=O) groups is 2. The van der Waals surface area contributed by atoms with Crippen molar-refractivity contribution in [2.75, 3.05) is 18.2 Å². The Labute approximate surface area is 113 Å². The van der Waals surface area contributed by atoms with E-state index in [1.807, 2.05) is 4.57 Å². The molecule has 0 unspecified atom stereocenters. The van der Waals surface area contributed by atoms with Crippen LogP contribution in [0.1, 0.15) is 5.82 Å². The summed E-state index contributed by atoms with van der Waals surface area (Å²) < 4.78 is 1.90. The summed E-state index contributed by atoms with van der Waals surface area (Å²) in [5.41, 5.74) is 0. The first-order valence-corrected chi connectivity index (χ1v) is 7.05. The fourth-order valence-corrected chi connectivity index (χ4v) is 3.39. The van der Waals surface area contributed by atoms with E-state index in [-0.39, 0.29) is 6.03 Å². The fourth-order valence-electron chi connectivity index (χ4n) is 2.25. The lowest BCUT2D eigenvalue weighted by molar-refractivity contribution is -0.141. The molecule has 0 spiro atoms. The summed E-state index contributed by atoms with van der Waals surface area (Å²) >= 11 is 1.46. The van der Waals surface area contributed by atoms with Gasteiger partial charge in [-0.05, 0) is 0 Å². The highest BCUT2D eigenvalue weighted by molar-refractivity contribution is 7.99. The Hall–Kier alpha value is -1.77. The van der Waals surface area contributed by atoms with Crippen LogP contribution in [0.5, 0.6) is 0 Å². The maximum absolute atomic E-state index is 12.4. The molecule has 102 valence electrons. The molecule has 1 saturated heterocycles. The van der Waals surface area contributed by atoms with E-state index >= 15 is 0 Å². The van der Waals surface area contributed by atoms with Crippen molar-refractivity contribution < 1.29 is 14.7 Å². The Morgan fingerprint density at radius 2 is 2.26 bits per heavy atom. The quantitative estimate of drug-likeness (QED) is 0.759. The van der Waals surface area contributed by atoms with Crippen molar-refractivity contribution in [2.24, 2.45) is 0 Å². The maximum atomic E-state index is 12.4. The molecule has 19 heavy (non-hydrogen) atoms. The third-order valence-corrected chi connectivity index (χ3v) is 4.33. The van der Waals surface area contributed by atoms with E-state index < -0.39 is 12.0 Å². The van der Waals surface area contributed by atoms with Gasteiger partial charge >= 0.3 is 12.0 Å². The zero-order chi connectivity index (χ0) is 13.4. The average Bonchev–Trinajstić information content (AvgIpc) is 3.05. The molecule has 0 aliphatic carbocycles. The van der Waals surface area contributed by atoms with Gasteiger partial charge in [-0.15, -0.1) is 22.0 Å². The smallest absolute Gasteiger partial charge is 0.327 e. The molecular formula is C10H13N5O3S. The third kappa shape index (κ3) is 2.14. The number of nitrogens with zero attached hydrogens (tertiary/aromatic N) is 5. The Bertz CT molecular complexity index is 519. The van der Waals surface area contributed by atoms with Crippen LogP contribution in [0.4, 0.5) is 4.79 Å².